The lowest BCUT2D eigenvalue weighted by atomic mass is 10.3. The van der Waals surface area contributed by atoms with E-state index in [2.05, 4.69) is 4.98 Å². The fourth-order valence-corrected chi connectivity index (χ4v) is 2.42. The summed E-state index contributed by atoms with van der Waals surface area (Å²) in [5.41, 5.74) is 2.27. The van der Waals surface area contributed by atoms with Crippen molar-refractivity contribution >= 4 is 34.9 Å². The van der Waals surface area contributed by atoms with Gasteiger partial charge in [0.1, 0.15) is 5.65 Å². The summed E-state index contributed by atoms with van der Waals surface area (Å²) < 4.78 is 1.84. The molecule has 3 rings (SSSR count). The van der Waals surface area contributed by atoms with Gasteiger partial charge in [0.05, 0.1) is 5.69 Å². The maximum atomic E-state index is 12.3. The molecule has 1 amide bonds. The van der Waals surface area contributed by atoms with Crippen LogP contribution in [0.15, 0.2) is 60.8 Å². The summed E-state index contributed by atoms with van der Waals surface area (Å²) in [5, 5.41) is 0.373. The summed E-state index contributed by atoms with van der Waals surface area (Å²) in [7, 11) is 1.73. The van der Waals surface area contributed by atoms with E-state index in [0.29, 0.717) is 10.8 Å². The number of likely N-dealkylation sites (N-methyl/N-ethyl adjacent to an activating group) is 1. The van der Waals surface area contributed by atoms with E-state index in [9.17, 15) is 4.79 Å². The van der Waals surface area contributed by atoms with Crippen molar-refractivity contribution in [1.29, 1.82) is 0 Å². The summed E-state index contributed by atoms with van der Waals surface area (Å²) in [6, 6.07) is 15.1. The fourth-order valence-electron chi connectivity index (χ4n) is 2.18. The van der Waals surface area contributed by atoms with E-state index in [1.54, 1.807) is 18.0 Å². The number of pyridine rings is 1. The Morgan fingerprint density at radius 3 is 2.68 bits per heavy atom. The van der Waals surface area contributed by atoms with Gasteiger partial charge in [-0.3, -0.25) is 9.20 Å². The van der Waals surface area contributed by atoms with E-state index in [4.69, 9.17) is 11.6 Å². The lowest BCUT2D eigenvalue weighted by molar-refractivity contribution is -0.113. The molecule has 3 aromatic rings. The Morgan fingerprint density at radius 1 is 1.18 bits per heavy atom. The molecule has 0 aliphatic heterocycles. The normalized spacial score (nSPS) is 11.2. The number of anilines is 1. The van der Waals surface area contributed by atoms with Crippen LogP contribution in [0.25, 0.3) is 11.7 Å². The number of nitrogens with zero attached hydrogens (tertiary/aromatic N) is 3. The highest BCUT2D eigenvalue weighted by molar-refractivity contribution is 6.31. The van der Waals surface area contributed by atoms with Gasteiger partial charge in [-0.05, 0) is 30.3 Å². The van der Waals surface area contributed by atoms with Gasteiger partial charge in [0.25, 0.3) is 5.91 Å². The number of hydrogen-bond donors (Lipinski definition) is 0. The van der Waals surface area contributed by atoms with E-state index >= 15 is 0 Å². The molecule has 0 radical (unpaired) electrons. The quantitative estimate of drug-likeness (QED) is 0.692. The number of imidazole rings is 1. The van der Waals surface area contributed by atoms with Gasteiger partial charge in [-0.15, -0.1) is 0 Å². The maximum absolute atomic E-state index is 12.3. The van der Waals surface area contributed by atoms with Crippen LogP contribution in [-0.4, -0.2) is 22.3 Å². The van der Waals surface area contributed by atoms with Gasteiger partial charge in [0.2, 0.25) is 0 Å². The number of halogens is 1. The number of amides is 1. The minimum absolute atomic E-state index is 0.131. The molecule has 110 valence electrons. The molecule has 0 bridgehead atoms. The second kappa shape index (κ2) is 6.03. The van der Waals surface area contributed by atoms with Crippen molar-refractivity contribution in [2.45, 2.75) is 0 Å². The highest BCUT2D eigenvalue weighted by Gasteiger charge is 2.10. The third-order valence-electron chi connectivity index (χ3n) is 3.38. The van der Waals surface area contributed by atoms with E-state index in [1.165, 1.54) is 6.08 Å². The Balaban J connectivity index is 1.87. The van der Waals surface area contributed by atoms with Crippen LogP contribution in [0, 0.1) is 0 Å². The van der Waals surface area contributed by atoms with Gasteiger partial charge in [0, 0.05) is 25.0 Å². The van der Waals surface area contributed by atoms with Crippen molar-refractivity contribution in [2.24, 2.45) is 0 Å². The third-order valence-corrected chi connectivity index (χ3v) is 3.66. The van der Waals surface area contributed by atoms with Gasteiger partial charge in [-0.1, -0.05) is 35.9 Å². The van der Waals surface area contributed by atoms with Crippen molar-refractivity contribution in [3.8, 4) is 0 Å². The van der Waals surface area contributed by atoms with E-state index < -0.39 is 0 Å². The average molecular weight is 312 g/mol. The number of benzene rings is 1. The first-order valence-corrected chi connectivity index (χ1v) is 7.18. The topological polar surface area (TPSA) is 37.6 Å². The molecule has 0 aliphatic rings. The lowest BCUT2D eigenvalue weighted by Crippen LogP contribution is -2.23. The van der Waals surface area contributed by atoms with E-state index in [-0.39, 0.29) is 5.91 Å². The van der Waals surface area contributed by atoms with Gasteiger partial charge < -0.3 is 4.90 Å². The molecule has 4 nitrogen and oxygen atoms in total. The molecule has 5 heteroatoms. The lowest BCUT2D eigenvalue weighted by Gasteiger charge is -2.14. The SMILES string of the molecule is CN(C(=O)/C=C/c1c(Cl)nc2ccccn12)c1ccccc1. The predicted octanol–water partition coefficient (Wildman–Crippen LogP) is 3.66. The minimum Gasteiger partial charge on any atom is -0.312 e. The fraction of sp³-hybridized carbons (Fsp3) is 0.0588. The molecule has 22 heavy (non-hydrogen) atoms. The molecule has 2 heterocycles. The number of carbonyl (C=O) groups excluding carboxylic acids is 1. The zero-order valence-electron chi connectivity index (χ0n) is 12.0. The van der Waals surface area contributed by atoms with Crippen molar-refractivity contribution in [2.75, 3.05) is 11.9 Å². The average Bonchev–Trinajstić information content (AvgIpc) is 2.88. The molecule has 1 aromatic carbocycles. The van der Waals surface area contributed by atoms with Gasteiger partial charge in [-0.25, -0.2) is 4.98 Å². The first-order valence-electron chi connectivity index (χ1n) is 6.80. The molecule has 0 fully saturated rings. The van der Waals surface area contributed by atoms with Crippen LogP contribution in [0.4, 0.5) is 5.69 Å². The number of para-hydroxylation sites is 1. The van der Waals surface area contributed by atoms with Crippen LogP contribution in [0.5, 0.6) is 0 Å². The summed E-state index contributed by atoms with van der Waals surface area (Å²) >= 11 is 6.14. The van der Waals surface area contributed by atoms with E-state index in [1.807, 2.05) is 59.1 Å². The standard InChI is InChI=1S/C17H14ClN3O/c1-20(13-7-3-2-4-8-13)16(22)11-10-14-17(18)19-15-9-5-6-12-21(14)15/h2-12H,1H3/b11-10+. The molecule has 0 saturated heterocycles. The van der Waals surface area contributed by atoms with Gasteiger partial charge in [-0.2, -0.15) is 0 Å². The first-order chi connectivity index (χ1) is 10.7. The molecule has 0 saturated carbocycles. The Labute approximate surface area is 133 Å². The third kappa shape index (κ3) is 2.73. The molecular formula is C17H14ClN3O. The van der Waals surface area contributed by atoms with Crippen LogP contribution in [-0.2, 0) is 4.79 Å². The molecule has 0 unspecified atom stereocenters. The Morgan fingerprint density at radius 2 is 1.91 bits per heavy atom. The molecule has 0 atom stereocenters. The van der Waals surface area contributed by atoms with Crippen LogP contribution in [0.1, 0.15) is 5.69 Å². The minimum atomic E-state index is -0.131. The van der Waals surface area contributed by atoms with Crippen molar-refractivity contribution in [3.63, 3.8) is 0 Å². The number of hydrogen-bond acceptors (Lipinski definition) is 2. The van der Waals surface area contributed by atoms with Crippen LogP contribution < -0.4 is 4.90 Å². The number of rotatable bonds is 3. The van der Waals surface area contributed by atoms with Crippen molar-refractivity contribution in [1.82, 2.24) is 9.38 Å². The Hall–Kier alpha value is -2.59. The molecule has 0 aliphatic carbocycles. The molecule has 0 N–H and O–H groups in total. The maximum Gasteiger partial charge on any atom is 0.250 e. The first kappa shape index (κ1) is 14.4. The monoisotopic (exact) mass is 311 g/mol. The number of aromatic nitrogens is 2. The van der Waals surface area contributed by atoms with Crippen LogP contribution >= 0.6 is 11.6 Å². The zero-order valence-corrected chi connectivity index (χ0v) is 12.7. The largest absolute Gasteiger partial charge is 0.312 e. The summed E-state index contributed by atoms with van der Waals surface area (Å²) in [4.78, 5) is 18.1. The summed E-state index contributed by atoms with van der Waals surface area (Å²) in [6.45, 7) is 0. The van der Waals surface area contributed by atoms with Crippen LogP contribution in [0.3, 0.4) is 0 Å². The van der Waals surface area contributed by atoms with Gasteiger partial charge >= 0.3 is 0 Å². The van der Waals surface area contributed by atoms with Crippen LogP contribution in [0.2, 0.25) is 5.15 Å². The predicted molar refractivity (Wildman–Crippen MR) is 89.1 cm³/mol. The molecular weight excluding hydrogens is 298 g/mol. The number of fused-ring (bicyclic) bond motifs is 1. The highest BCUT2D eigenvalue weighted by atomic mass is 35.5. The van der Waals surface area contributed by atoms with Gasteiger partial charge in [0.15, 0.2) is 5.15 Å². The smallest absolute Gasteiger partial charge is 0.250 e. The summed E-state index contributed by atoms with van der Waals surface area (Å²) in [5.74, 6) is -0.131. The van der Waals surface area contributed by atoms with Crippen molar-refractivity contribution < 1.29 is 4.79 Å². The summed E-state index contributed by atoms with van der Waals surface area (Å²) in [6.07, 6.45) is 5.04. The highest BCUT2D eigenvalue weighted by Crippen LogP contribution is 2.19. The number of carbonyl (C=O) groups is 1. The van der Waals surface area contributed by atoms with E-state index in [0.717, 1.165) is 11.3 Å². The second-order valence-corrected chi connectivity index (χ2v) is 5.14. The van der Waals surface area contributed by atoms with Crippen molar-refractivity contribution in [3.05, 3.63) is 71.7 Å². The Bertz CT molecular complexity index is 839. The molecule has 2 aromatic heterocycles. The molecule has 0 spiro atoms. The second-order valence-electron chi connectivity index (χ2n) is 4.78. The zero-order chi connectivity index (χ0) is 15.5. The Kier molecular flexibility index (Phi) is 3.94.